The summed E-state index contributed by atoms with van der Waals surface area (Å²) in [5, 5.41) is 6.23. The summed E-state index contributed by atoms with van der Waals surface area (Å²) in [5.74, 6) is 0.119. The highest BCUT2D eigenvalue weighted by molar-refractivity contribution is 5.78. The van der Waals surface area contributed by atoms with Gasteiger partial charge in [0.15, 0.2) is 0 Å². The summed E-state index contributed by atoms with van der Waals surface area (Å²) < 4.78 is 0. The molecule has 0 spiro atoms. The molecule has 0 aliphatic heterocycles. The quantitative estimate of drug-likeness (QED) is 0.515. The van der Waals surface area contributed by atoms with Crippen molar-refractivity contribution < 1.29 is 4.79 Å². The highest BCUT2D eigenvalue weighted by atomic mass is 16.1. The first kappa shape index (κ1) is 15.2. The lowest BCUT2D eigenvalue weighted by Crippen LogP contribution is -2.39. The maximum Gasteiger partial charge on any atom is 0.234 e. The number of nitrogens with one attached hydrogen (secondary N) is 2. The van der Waals surface area contributed by atoms with E-state index in [1.165, 1.54) is 25.7 Å². The fourth-order valence-electron chi connectivity index (χ4n) is 2.41. The number of allylic oxidation sites excluding steroid dienone is 1. The van der Waals surface area contributed by atoms with Crippen molar-refractivity contribution in [1.82, 2.24) is 10.6 Å². The Kier molecular flexibility index (Phi) is 7.74. The van der Waals surface area contributed by atoms with Crippen LogP contribution in [0.2, 0.25) is 0 Å². The van der Waals surface area contributed by atoms with E-state index in [-0.39, 0.29) is 5.91 Å². The number of hydrogen-bond donors (Lipinski definition) is 2. The molecule has 3 nitrogen and oxygen atoms in total. The van der Waals surface area contributed by atoms with E-state index >= 15 is 0 Å². The molecular weight excluding hydrogens is 224 g/mol. The van der Waals surface area contributed by atoms with Gasteiger partial charge in [0, 0.05) is 6.04 Å². The lowest BCUT2D eigenvalue weighted by molar-refractivity contribution is -0.120. The van der Waals surface area contributed by atoms with Crippen LogP contribution in [-0.2, 0) is 4.79 Å². The van der Waals surface area contributed by atoms with E-state index in [2.05, 4.69) is 30.6 Å². The predicted octanol–water partition coefficient (Wildman–Crippen LogP) is 2.77. The average molecular weight is 252 g/mol. The van der Waals surface area contributed by atoms with Gasteiger partial charge in [0.05, 0.1) is 6.54 Å². The largest absolute Gasteiger partial charge is 0.353 e. The Morgan fingerprint density at radius 3 is 2.94 bits per heavy atom. The molecule has 0 saturated heterocycles. The first-order chi connectivity index (χ1) is 8.72. The van der Waals surface area contributed by atoms with Crippen molar-refractivity contribution in [3.63, 3.8) is 0 Å². The van der Waals surface area contributed by atoms with Crippen molar-refractivity contribution in [3.05, 3.63) is 11.6 Å². The second-order valence-electron chi connectivity index (χ2n) is 5.29. The fourth-order valence-corrected chi connectivity index (χ4v) is 2.41. The van der Waals surface area contributed by atoms with Crippen LogP contribution in [0.3, 0.4) is 0 Å². The smallest absolute Gasteiger partial charge is 0.234 e. The first-order valence-electron chi connectivity index (χ1n) is 7.40. The Balaban J connectivity index is 2.03. The topological polar surface area (TPSA) is 41.1 Å². The number of rotatable bonds is 8. The number of carbonyl (C=O) groups excluding carboxylic acids is 1. The van der Waals surface area contributed by atoms with Gasteiger partial charge >= 0.3 is 0 Å². The molecule has 1 amide bonds. The summed E-state index contributed by atoms with van der Waals surface area (Å²) in [4.78, 5) is 11.6. The summed E-state index contributed by atoms with van der Waals surface area (Å²) >= 11 is 0. The van der Waals surface area contributed by atoms with Gasteiger partial charge in [-0.05, 0) is 52.0 Å². The van der Waals surface area contributed by atoms with Crippen molar-refractivity contribution in [1.29, 1.82) is 0 Å². The highest BCUT2D eigenvalue weighted by Gasteiger charge is 2.06. The Morgan fingerprint density at radius 1 is 1.44 bits per heavy atom. The second kappa shape index (κ2) is 9.15. The molecule has 1 unspecified atom stereocenters. The van der Waals surface area contributed by atoms with Crippen LogP contribution in [0, 0.1) is 0 Å². The van der Waals surface area contributed by atoms with E-state index < -0.39 is 0 Å². The molecule has 0 aromatic carbocycles. The van der Waals surface area contributed by atoms with Crippen LogP contribution >= 0.6 is 0 Å². The molecule has 18 heavy (non-hydrogen) atoms. The van der Waals surface area contributed by atoms with Crippen LogP contribution in [0.1, 0.15) is 58.8 Å². The molecule has 1 atom stereocenters. The zero-order valence-electron chi connectivity index (χ0n) is 11.9. The monoisotopic (exact) mass is 252 g/mol. The van der Waals surface area contributed by atoms with Gasteiger partial charge in [-0.15, -0.1) is 0 Å². The van der Waals surface area contributed by atoms with Gasteiger partial charge in [0.25, 0.3) is 0 Å². The van der Waals surface area contributed by atoms with Crippen molar-refractivity contribution in [2.24, 2.45) is 0 Å². The molecule has 0 fully saturated rings. The van der Waals surface area contributed by atoms with Crippen molar-refractivity contribution >= 4 is 5.91 Å². The van der Waals surface area contributed by atoms with Gasteiger partial charge in [-0.3, -0.25) is 4.79 Å². The molecule has 1 aliphatic rings. The molecule has 0 saturated carbocycles. The molecular formula is C15H28N2O. The molecule has 0 aromatic heterocycles. The third-order valence-electron chi connectivity index (χ3n) is 3.42. The van der Waals surface area contributed by atoms with Gasteiger partial charge in [0.2, 0.25) is 5.91 Å². The van der Waals surface area contributed by atoms with Crippen LogP contribution in [-0.4, -0.2) is 25.0 Å². The fraction of sp³-hybridized carbons (Fsp3) is 0.800. The number of hydrogen-bond acceptors (Lipinski definition) is 2. The molecule has 0 radical (unpaired) electrons. The molecule has 0 aromatic rings. The number of carbonyl (C=O) groups is 1. The molecule has 0 bridgehead atoms. The van der Waals surface area contributed by atoms with Crippen LogP contribution in [0.4, 0.5) is 0 Å². The van der Waals surface area contributed by atoms with Gasteiger partial charge in [-0.25, -0.2) is 0 Å². The zero-order chi connectivity index (χ0) is 13.2. The Morgan fingerprint density at radius 2 is 2.28 bits per heavy atom. The molecule has 1 rings (SSSR count). The third-order valence-corrected chi connectivity index (χ3v) is 3.42. The van der Waals surface area contributed by atoms with E-state index in [9.17, 15) is 4.79 Å². The number of amides is 1. The van der Waals surface area contributed by atoms with Crippen LogP contribution in [0.25, 0.3) is 0 Å². The Bertz CT molecular complexity index is 274. The summed E-state index contributed by atoms with van der Waals surface area (Å²) in [6, 6.07) is 0.297. The maximum absolute atomic E-state index is 11.6. The van der Waals surface area contributed by atoms with Gasteiger partial charge < -0.3 is 10.6 Å². The lowest BCUT2D eigenvalue weighted by atomic mass is 9.97. The SMILES string of the molecule is CCCC(C)NC(=O)CNCCC1=CCCCC1. The van der Waals surface area contributed by atoms with E-state index in [0.29, 0.717) is 12.6 Å². The minimum atomic E-state index is 0.119. The summed E-state index contributed by atoms with van der Waals surface area (Å²) in [5.41, 5.74) is 1.56. The maximum atomic E-state index is 11.6. The molecule has 1 aliphatic carbocycles. The second-order valence-corrected chi connectivity index (χ2v) is 5.29. The Hall–Kier alpha value is -0.830. The molecule has 0 heterocycles. The zero-order valence-corrected chi connectivity index (χ0v) is 11.9. The van der Waals surface area contributed by atoms with E-state index in [4.69, 9.17) is 0 Å². The standard InChI is InChI=1S/C15H28N2O/c1-3-7-13(2)17-15(18)12-16-11-10-14-8-5-4-6-9-14/h8,13,16H,3-7,9-12H2,1-2H3,(H,17,18). The van der Waals surface area contributed by atoms with Gasteiger partial charge in [0.1, 0.15) is 0 Å². The van der Waals surface area contributed by atoms with Crippen LogP contribution in [0.5, 0.6) is 0 Å². The Labute approximate surface area is 111 Å². The predicted molar refractivity (Wildman–Crippen MR) is 76.6 cm³/mol. The summed E-state index contributed by atoms with van der Waals surface area (Å²) in [7, 11) is 0. The van der Waals surface area contributed by atoms with Gasteiger partial charge in [-0.1, -0.05) is 25.0 Å². The van der Waals surface area contributed by atoms with Crippen molar-refractivity contribution in [2.45, 2.75) is 64.8 Å². The minimum absolute atomic E-state index is 0.119. The third kappa shape index (κ3) is 6.80. The molecule has 2 N–H and O–H groups in total. The summed E-state index contributed by atoms with van der Waals surface area (Å²) in [6.45, 7) is 5.57. The minimum Gasteiger partial charge on any atom is -0.353 e. The lowest BCUT2D eigenvalue weighted by Gasteiger charge is -2.14. The van der Waals surface area contributed by atoms with Gasteiger partial charge in [-0.2, -0.15) is 0 Å². The average Bonchev–Trinajstić information content (AvgIpc) is 2.36. The van der Waals surface area contributed by atoms with E-state index in [0.717, 1.165) is 25.8 Å². The highest BCUT2D eigenvalue weighted by Crippen LogP contribution is 2.19. The van der Waals surface area contributed by atoms with Crippen LogP contribution in [0.15, 0.2) is 11.6 Å². The van der Waals surface area contributed by atoms with Crippen molar-refractivity contribution in [2.75, 3.05) is 13.1 Å². The van der Waals surface area contributed by atoms with Crippen LogP contribution < -0.4 is 10.6 Å². The molecule has 3 heteroatoms. The molecule has 104 valence electrons. The van der Waals surface area contributed by atoms with Crippen molar-refractivity contribution in [3.8, 4) is 0 Å². The summed E-state index contributed by atoms with van der Waals surface area (Å²) in [6.07, 6.45) is 10.8. The normalized spacial score (nSPS) is 17.1. The van der Waals surface area contributed by atoms with E-state index in [1.807, 2.05) is 0 Å². The first-order valence-corrected chi connectivity index (χ1v) is 7.40. The van der Waals surface area contributed by atoms with E-state index in [1.54, 1.807) is 5.57 Å².